The third-order valence-electron chi connectivity index (χ3n) is 3.56. The van der Waals surface area contributed by atoms with Crippen molar-refractivity contribution in [3.8, 4) is 0 Å². The van der Waals surface area contributed by atoms with Gasteiger partial charge in [-0.3, -0.25) is 8.98 Å². The summed E-state index contributed by atoms with van der Waals surface area (Å²) in [5.41, 5.74) is -1.34. The van der Waals surface area contributed by atoms with Crippen LogP contribution in [-0.4, -0.2) is 79.2 Å². The Morgan fingerprint density at radius 1 is 1.41 bits per heavy atom. The summed E-state index contributed by atoms with van der Waals surface area (Å²) >= 11 is 0. The van der Waals surface area contributed by atoms with E-state index in [9.17, 15) is 13.2 Å². The molecule has 0 aromatic rings. The molecule has 5 atom stereocenters. The fourth-order valence-corrected chi connectivity index (χ4v) is 2.85. The molecule has 0 amide bonds. The molecule has 1 fully saturated rings. The van der Waals surface area contributed by atoms with Crippen LogP contribution in [-0.2, 0) is 38.0 Å². The molecule has 0 aliphatic carbocycles. The Morgan fingerprint density at radius 3 is 2.41 bits per heavy atom. The van der Waals surface area contributed by atoms with E-state index >= 15 is 0 Å². The minimum Gasteiger partial charge on any atom is -0.458 e. The Hall–Kier alpha value is -0.675. The molecule has 8 nitrogen and oxygen atoms in total. The third-order valence-corrected chi connectivity index (χ3v) is 4.10. The summed E-state index contributed by atoms with van der Waals surface area (Å²) in [6.07, 6.45) is -1.49. The van der Waals surface area contributed by atoms with Gasteiger partial charge in [0.25, 0.3) is 10.1 Å². The predicted octanol–water partition coefficient (Wildman–Crippen LogP) is -0.792. The fourth-order valence-electron chi connectivity index (χ4n) is 2.45. The molecule has 0 spiro atoms. The first-order valence-corrected chi connectivity index (χ1v) is 8.39. The number of carbonyl (C=O) groups excluding carboxylic acids is 1. The van der Waals surface area contributed by atoms with Crippen LogP contribution in [0.25, 0.3) is 0 Å². The number of rotatable bonds is 7. The average molecular weight is 336 g/mol. The number of methoxy groups -OCH3 is 2. The predicted molar refractivity (Wildman–Crippen MR) is 77.0 cm³/mol. The number of carbonyl (C=O) groups is 1. The summed E-state index contributed by atoms with van der Waals surface area (Å²) in [5, 5.41) is 0. The van der Waals surface area contributed by atoms with Gasteiger partial charge in [-0.1, -0.05) is 0 Å². The molecule has 1 aliphatic heterocycles. The van der Waals surface area contributed by atoms with Crippen molar-refractivity contribution >= 4 is 23.9 Å². The first kappa shape index (κ1) is 19.4. The summed E-state index contributed by atoms with van der Waals surface area (Å²) in [7, 11) is 4.94. The Labute approximate surface area is 131 Å². The van der Waals surface area contributed by atoms with Crippen LogP contribution in [0.15, 0.2) is 0 Å². The monoisotopic (exact) mass is 336 g/mol. The molecule has 2 radical (unpaired) electrons. The molecule has 1 saturated heterocycles. The lowest BCUT2D eigenvalue weighted by atomic mass is 9.86. The molecule has 0 unspecified atom stereocenters. The number of ether oxygens (including phenoxy) is 4. The summed E-state index contributed by atoms with van der Waals surface area (Å²) in [6.45, 7) is 2.50. The molecular formula is C12H21BO8S. The standard InChI is InChI=1S/C12H21BO8S/c1-7(17-3)12(6-19-22(5,15)16)10(18-4)9(11(13)21-12)20-8(2)14/h7,9-11H,6H2,1-5H3/t7-,9+,10-,11+,12+/m0/s1. The normalized spacial score (nSPS) is 33.6. The highest BCUT2D eigenvalue weighted by Crippen LogP contribution is 2.38. The van der Waals surface area contributed by atoms with Crippen molar-refractivity contribution in [2.45, 2.75) is 43.8 Å². The quantitative estimate of drug-likeness (QED) is 0.339. The highest BCUT2D eigenvalue weighted by molar-refractivity contribution is 7.85. The van der Waals surface area contributed by atoms with Crippen molar-refractivity contribution in [1.82, 2.24) is 0 Å². The van der Waals surface area contributed by atoms with Gasteiger partial charge in [-0.2, -0.15) is 8.42 Å². The number of esters is 1. The zero-order valence-corrected chi connectivity index (χ0v) is 14.1. The van der Waals surface area contributed by atoms with Crippen molar-refractivity contribution in [2.24, 2.45) is 0 Å². The van der Waals surface area contributed by atoms with Gasteiger partial charge in [0.1, 0.15) is 32.3 Å². The molecule has 1 heterocycles. The van der Waals surface area contributed by atoms with E-state index in [4.69, 9.17) is 31.0 Å². The minimum absolute atomic E-state index is 0.384. The second-order valence-corrected chi connectivity index (χ2v) is 6.76. The highest BCUT2D eigenvalue weighted by Gasteiger charge is 2.59. The third kappa shape index (κ3) is 4.20. The van der Waals surface area contributed by atoms with Gasteiger partial charge in [-0.25, -0.2) is 0 Å². The van der Waals surface area contributed by atoms with Gasteiger partial charge < -0.3 is 18.9 Å². The highest BCUT2D eigenvalue weighted by atomic mass is 32.2. The fraction of sp³-hybridized carbons (Fsp3) is 0.917. The lowest BCUT2D eigenvalue weighted by Gasteiger charge is -2.37. The van der Waals surface area contributed by atoms with Crippen molar-refractivity contribution in [1.29, 1.82) is 0 Å². The van der Waals surface area contributed by atoms with Crippen LogP contribution in [0, 0.1) is 0 Å². The maximum atomic E-state index is 11.3. The summed E-state index contributed by atoms with van der Waals surface area (Å²) in [5.74, 6) is -0.559. The number of hydrogen-bond acceptors (Lipinski definition) is 8. The SMILES string of the molecule is [B][C@@H]1O[C@](COS(C)(=O)=O)([C@H](C)OC)[C@@H](OC)[C@H]1OC(C)=O. The van der Waals surface area contributed by atoms with Crippen LogP contribution in [0.5, 0.6) is 0 Å². The molecule has 0 aromatic heterocycles. The lowest BCUT2D eigenvalue weighted by molar-refractivity contribution is -0.172. The Bertz CT molecular complexity index is 495. The number of hydrogen-bond donors (Lipinski definition) is 0. The largest absolute Gasteiger partial charge is 0.458 e. The van der Waals surface area contributed by atoms with Gasteiger partial charge in [0.05, 0.1) is 18.4 Å². The zero-order valence-electron chi connectivity index (χ0n) is 13.3. The molecule has 0 aromatic carbocycles. The molecule has 22 heavy (non-hydrogen) atoms. The van der Waals surface area contributed by atoms with Gasteiger partial charge in [0.2, 0.25) is 0 Å². The topological polar surface area (TPSA) is 97.4 Å². The second kappa shape index (κ2) is 7.26. The van der Waals surface area contributed by atoms with Gasteiger partial charge >= 0.3 is 5.97 Å². The molecule has 0 N–H and O–H groups in total. The van der Waals surface area contributed by atoms with Crippen molar-refractivity contribution in [3.05, 3.63) is 0 Å². The second-order valence-electron chi connectivity index (χ2n) is 5.11. The van der Waals surface area contributed by atoms with E-state index in [1.807, 2.05) is 0 Å². The first-order valence-electron chi connectivity index (χ1n) is 6.58. The van der Waals surface area contributed by atoms with E-state index in [0.29, 0.717) is 0 Å². The van der Waals surface area contributed by atoms with E-state index in [1.54, 1.807) is 6.92 Å². The Balaban J connectivity index is 3.15. The van der Waals surface area contributed by atoms with E-state index in [0.717, 1.165) is 6.26 Å². The Morgan fingerprint density at radius 2 is 2.00 bits per heavy atom. The lowest BCUT2D eigenvalue weighted by Crippen LogP contribution is -2.56. The molecule has 1 rings (SSSR count). The van der Waals surface area contributed by atoms with Gasteiger partial charge in [-0.05, 0) is 6.92 Å². The van der Waals surface area contributed by atoms with Crippen molar-refractivity contribution in [2.75, 3.05) is 27.1 Å². The first-order chi connectivity index (χ1) is 10.1. The molecule has 10 heteroatoms. The van der Waals surface area contributed by atoms with Crippen LogP contribution in [0.3, 0.4) is 0 Å². The van der Waals surface area contributed by atoms with E-state index in [2.05, 4.69) is 0 Å². The van der Waals surface area contributed by atoms with Crippen LogP contribution < -0.4 is 0 Å². The van der Waals surface area contributed by atoms with Crippen LogP contribution in [0.4, 0.5) is 0 Å². The molecular weight excluding hydrogens is 315 g/mol. The smallest absolute Gasteiger partial charge is 0.303 e. The molecule has 126 valence electrons. The molecule has 0 bridgehead atoms. The van der Waals surface area contributed by atoms with E-state index in [-0.39, 0.29) is 6.61 Å². The average Bonchev–Trinajstić information content (AvgIpc) is 2.67. The van der Waals surface area contributed by atoms with Crippen molar-refractivity contribution < 1.29 is 36.3 Å². The maximum Gasteiger partial charge on any atom is 0.303 e. The summed E-state index contributed by atoms with van der Waals surface area (Å²) in [4.78, 5) is 11.2. The van der Waals surface area contributed by atoms with Crippen molar-refractivity contribution in [3.63, 3.8) is 0 Å². The summed E-state index contributed by atoms with van der Waals surface area (Å²) in [6, 6.07) is -1.00. The van der Waals surface area contributed by atoms with Crippen LogP contribution in [0.2, 0.25) is 0 Å². The van der Waals surface area contributed by atoms with Gasteiger partial charge in [0, 0.05) is 21.1 Å². The van der Waals surface area contributed by atoms with E-state index in [1.165, 1.54) is 21.1 Å². The van der Waals surface area contributed by atoms with Gasteiger partial charge in [0.15, 0.2) is 0 Å². The van der Waals surface area contributed by atoms with Crippen LogP contribution >= 0.6 is 0 Å². The molecule has 1 aliphatic rings. The maximum absolute atomic E-state index is 11.3. The van der Waals surface area contributed by atoms with Gasteiger partial charge in [-0.15, -0.1) is 0 Å². The molecule has 0 saturated carbocycles. The summed E-state index contributed by atoms with van der Waals surface area (Å²) < 4.78 is 48.9. The van der Waals surface area contributed by atoms with E-state index < -0.39 is 46.0 Å². The zero-order chi connectivity index (χ0) is 17.1. The Kier molecular flexibility index (Phi) is 6.40. The minimum atomic E-state index is -3.72. The van der Waals surface area contributed by atoms with Crippen LogP contribution in [0.1, 0.15) is 13.8 Å².